The number of hydrogen-bond donors (Lipinski definition) is 2. The smallest absolute Gasteiger partial charge is 0.307 e. The molecular weight excluding hydrogens is 206 g/mol. The number of carboxylic acids is 1. The third-order valence-corrected chi connectivity index (χ3v) is 4.10. The van der Waals surface area contributed by atoms with Crippen LogP contribution in [0.25, 0.3) is 0 Å². The number of hydrogen-bond acceptors (Lipinski definition) is 2. The quantitative estimate of drug-likeness (QED) is 0.759. The third kappa shape index (κ3) is 1.70. The first-order chi connectivity index (χ1) is 7.34. The molecule has 0 radical (unpaired) electrons. The number of nitrogens with one attached hydrogen (secondary N) is 1. The molecule has 1 amide bonds. The van der Waals surface area contributed by atoms with E-state index in [-0.39, 0.29) is 23.3 Å². The van der Waals surface area contributed by atoms with E-state index in [9.17, 15) is 9.59 Å². The summed E-state index contributed by atoms with van der Waals surface area (Å²) in [5.41, 5.74) is -0.384. The summed E-state index contributed by atoms with van der Waals surface area (Å²) in [6.07, 6.45) is 2.05. The molecule has 0 aromatic rings. The normalized spacial score (nSPS) is 39.7. The number of carboxylic acid groups (broad SMARTS) is 1. The van der Waals surface area contributed by atoms with Crippen molar-refractivity contribution in [2.24, 2.45) is 23.2 Å². The zero-order valence-corrected chi connectivity index (χ0v) is 9.99. The Hall–Kier alpha value is -1.06. The predicted molar refractivity (Wildman–Crippen MR) is 58.7 cm³/mol. The molecule has 2 aliphatic carbocycles. The van der Waals surface area contributed by atoms with E-state index >= 15 is 0 Å². The Morgan fingerprint density at radius 3 is 2.19 bits per heavy atom. The SMILES string of the molecule is CC1CC(NC(=O)[C@H]2[C@@H](C(=O)O)C2(C)C)C1. The van der Waals surface area contributed by atoms with Crippen LogP contribution in [0.15, 0.2) is 0 Å². The second kappa shape index (κ2) is 3.47. The standard InChI is InChI=1S/C12H19NO3/c1-6-4-7(5-6)13-10(14)8-9(11(15)16)12(8,2)3/h6-9H,4-5H2,1-3H3,(H,13,14)(H,15,16)/t6?,7?,8-,9+/m1/s1. The summed E-state index contributed by atoms with van der Waals surface area (Å²) in [5.74, 6) is -1.10. The van der Waals surface area contributed by atoms with Crippen LogP contribution in [0.3, 0.4) is 0 Å². The minimum Gasteiger partial charge on any atom is -0.481 e. The third-order valence-electron chi connectivity index (χ3n) is 4.10. The zero-order chi connectivity index (χ0) is 12.1. The minimum absolute atomic E-state index is 0.0747. The average Bonchev–Trinajstić information content (AvgIpc) is 2.66. The molecule has 0 spiro atoms. The molecular formula is C12H19NO3. The van der Waals surface area contributed by atoms with Crippen LogP contribution in [-0.4, -0.2) is 23.0 Å². The molecule has 2 saturated carbocycles. The van der Waals surface area contributed by atoms with E-state index in [0.717, 1.165) is 12.8 Å². The maximum absolute atomic E-state index is 11.9. The van der Waals surface area contributed by atoms with Crippen LogP contribution in [0.2, 0.25) is 0 Å². The van der Waals surface area contributed by atoms with Crippen molar-refractivity contribution in [3.05, 3.63) is 0 Å². The fourth-order valence-electron chi connectivity index (χ4n) is 2.90. The van der Waals surface area contributed by atoms with Gasteiger partial charge in [-0.25, -0.2) is 0 Å². The molecule has 2 fully saturated rings. The lowest BCUT2D eigenvalue weighted by Gasteiger charge is -2.33. The first-order valence-electron chi connectivity index (χ1n) is 5.87. The van der Waals surface area contributed by atoms with Gasteiger partial charge in [-0.15, -0.1) is 0 Å². The van der Waals surface area contributed by atoms with Crippen molar-refractivity contribution in [3.63, 3.8) is 0 Å². The second-order valence-electron chi connectivity index (χ2n) is 5.90. The van der Waals surface area contributed by atoms with E-state index in [1.807, 2.05) is 13.8 Å². The van der Waals surface area contributed by atoms with Crippen LogP contribution in [-0.2, 0) is 9.59 Å². The van der Waals surface area contributed by atoms with Gasteiger partial charge in [0.25, 0.3) is 0 Å². The summed E-state index contributed by atoms with van der Waals surface area (Å²) in [6.45, 7) is 5.85. The molecule has 16 heavy (non-hydrogen) atoms. The molecule has 0 heterocycles. The number of rotatable bonds is 3. The topological polar surface area (TPSA) is 66.4 Å². The van der Waals surface area contributed by atoms with Gasteiger partial charge in [-0.1, -0.05) is 20.8 Å². The fraction of sp³-hybridized carbons (Fsp3) is 0.833. The monoisotopic (exact) mass is 225 g/mol. The van der Waals surface area contributed by atoms with Crippen molar-refractivity contribution < 1.29 is 14.7 Å². The molecule has 2 rings (SSSR count). The highest BCUT2D eigenvalue weighted by Crippen LogP contribution is 2.58. The van der Waals surface area contributed by atoms with Gasteiger partial charge in [0.1, 0.15) is 0 Å². The Labute approximate surface area is 95.4 Å². The average molecular weight is 225 g/mol. The molecule has 0 aliphatic heterocycles. The lowest BCUT2D eigenvalue weighted by Crippen LogP contribution is -2.44. The predicted octanol–water partition coefficient (Wildman–Crippen LogP) is 1.26. The van der Waals surface area contributed by atoms with Crippen molar-refractivity contribution in [2.45, 2.75) is 39.7 Å². The highest BCUT2D eigenvalue weighted by Gasteiger charge is 2.66. The van der Waals surface area contributed by atoms with Crippen LogP contribution < -0.4 is 5.32 Å². The van der Waals surface area contributed by atoms with Crippen molar-refractivity contribution in [3.8, 4) is 0 Å². The molecule has 4 heteroatoms. The zero-order valence-electron chi connectivity index (χ0n) is 9.99. The first-order valence-corrected chi connectivity index (χ1v) is 5.87. The Bertz CT molecular complexity index is 331. The van der Waals surface area contributed by atoms with Gasteiger partial charge < -0.3 is 10.4 Å². The molecule has 0 aromatic heterocycles. The second-order valence-corrected chi connectivity index (χ2v) is 5.90. The number of carbonyl (C=O) groups excluding carboxylic acids is 1. The molecule has 0 aromatic carbocycles. The lowest BCUT2D eigenvalue weighted by atomic mass is 9.82. The Morgan fingerprint density at radius 2 is 1.81 bits per heavy atom. The Kier molecular flexibility index (Phi) is 2.48. The first kappa shape index (κ1) is 11.4. The summed E-state index contributed by atoms with van der Waals surface area (Å²) in [4.78, 5) is 22.8. The lowest BCUT2D eigenvalue weighted by molar-refractivity contribution is -0.140. The molecule has 0 bridgehead atoms. The van der Waals surface area contributed by atoms with Crippen molar-refractivity contribution in [1.82, 2.24) is 5.32 Å². The van der Waals surface area contributed by atoms with Gasteiger partial charge in [0.05, 0.1) is 11.8 Å². The van der Waals surface area contributed by atoms with Gasteiger partial charge in [0.2, 0.25) is 5.91 Å². The Morgan fingerprint density at radius 1 is 1.25 bits per heavy atom. The number of aliphatic carboxylic acids is 1. The molecule has 0 unspecified atom stereocenters. The number of amides is 1. The summed E-state index contributed by atoms with van der Waals surface area (Å²) < 4.78 is 0. The van der Waals surface area contributed by atoms with E-state index < -0.39 is 11.9 Å². The summed E-state index contributed by atoms with van der Waals surface area (Å²) in [6, 6.07) is 0.272. The molecule has 90 valence electrons. The van der Waals surface area contributed by atoms with E-state index in [2.05, 4.69) is 12.2 Å². The highest BCUT2D eigenvalue weighted by molar-refractivity contribution is 5.91. The van der Waals surface area contributed by atoms with Crippen LogP contribution in [0.4, 0.5) is 0 Å². The highest BCUT2D eigenvalue weighted by atomic mass is 16.4. The van der Waals surface area contributed by atoms with Gasteiger partial charge in [0.15, 0.2) is 0 Å². The molecule has 2 atom stereocenters. The van der Waals surface area contributed by atoms with Crippen LogP contribution in [0, 0.1) is 23.2 Å². The van der Waals surface area contributed by atoms with Gasteiger partial charge in [-0.3, -0.25) is 9.59 Å². The van der Waals surface area contributed by atoms with Crippen molar-refractivity contribution >= 4 is 11.9 Å². The molecule has 0 saturated heterocycles. The van der Waals surface area contributed by atoms with Crippen LogP contribution >= 0.6 is 0 Å². The molecule has 4 nitrogen and oxygen atoms in total. The van der Waals surface area contributed by atoms with Gasteiger partial charge in [-0.05, 0) is 24.2 Å². The van der Waals surface area contributed by atoms with Gasteiger partial charge in [0, 0.05) is 6.04 Å². The van der Waals surface area contributed by atoms with Gasteiger partial charge >= 0.3 is 5.97 Å². The maximum atomic E-state index is 11.9. The number of carbonyl (C=O) groups is 2. The van der Waals surface area contributed by atoms with Crippen LogP contribution in [0.1, 0.15) is 33.6 Å². The summed E-state index contributed by atoms with van der Waals surface area (Å²) in [5, 5.41) is 11.9. The van der Waals surface area contributed by atoms with E-state index in [4.69, 9.17) is 5.11 Å². The summed E-state index contributed by atoms with van der Waals surface area (Å²) in [7, 11) is 0. The van der Waals surface area contributed by atoms with E-state index in [1.54, 1.807) is 0 Å². The minimum atomic E-state index is -0.855. The van der Waals surface area contributed by atoms with Crippen molar-refractivity contribution in [1.29, 1.82) is 0 Å². The van der Waals surface area contributed by atoms with Crippen molar-refractivity contribution in [2.75, 3.05) is 0 Å². The molecule has 2 N–H and O–H groups in total. The van der Waals surface area contributed by atoms with E-state index in [1.165, 1.54) is 0 Å². The largest absolute Gasteiger partial charge is 0.481 e. The maximum Gasteiger partial charge on any atom is 0.307 e. The van der Waals surface area contributed by atoms with Gasteiger partial charge in [-0.2, -0.15) is 0 Å². The Balaban J connectivity index is 1.89. The molecule has 2 aliphatic rings. The van der Waals surface area contributed by atoms with E-state index in [0.29, 0.717) is 5.92 Å². The van der Waals surface area contributed by atoms with Crippen LogP contribution in [0.5, 0.6) is 0 Å². The summed E-state index contributed by atoms with van der Waals surface area (Å²) >= 11 is 0. The fourth-order valence-corrected chi connectivity index (χ4v) is 2.90.